The lowest BCUT2D eigenvalue weighted by atomic mass is 10.2. The van der Waals surface area contributed by atoms with Gasteiger partial charge in [-0.15, -0.1) is 0 Å². The molecule has 1 aromatic rings. The van der Waals surface area contributed by atoms with Crippen LogP contribution in [-0.4, -0.2) is 17.3 Å². The molecule has 0 aromatic heterocycles. The molecule has 0 amide bonds. The summed E-state index contributed by atoms with van der Waals surface area (Å²) in [5, 5.41) is 3.90. The Hall–Kier alpha value is -1.47. The number of hydrogen-bond acceptors (Lipinski definition) is 4. The molecule has 0 bridgehead atoms. The molecule has 5 nitrogen and oxygen atoms in total. The normalized spacial score (nSPS) is 10.2. The van der Waals surface area contributed by atoms with Crippen molar-refractivity contribution >= 4 is 45.4 Å². The van der Waals surface area contributed by atoms with E-state index in [-0.39, 0.29) is 11.1 Å². The van der Waals surface area contributed by atoms with E-state index in [1.807, 2.05) is 0 Å². The van der Waals surface area contributed by atoms with Gasteiger partial charge in [0.05, 0.1) is 10.7 Å². The quantitative estimate of drug-likeness (QED) is 0.291. The van der Waals surface area contributed by atoms with E-state index >= 15 is 0 Å². The van der Waals surface area contributed by atoms with Crippen molar-refractivity contribution in [3.8, 4) is 5.75 Å². The first kappa shape index (κ1) is 13.6. The van der Waals surface area contributed by atoms with E-state index in [9.17, 15) is 4.79 Å². The third kappa shape index (κ3) is 4.92. The molecule has 0 radical (unpaired) electrons. The lowest BCUT2D eigenvalue weighted by molar-refractivity contribution is -0.131. The third-order valence-corrected chi connectivity index (χ3v) is 2.31. The minimum atomic E-state index is -0.373. The van der Waals surface area contributed by atoms with Crippen LogP contribution in [0.15, 0.2) is 27.8 Å². The Bertz CT molecular complexity index is 477. The molecule has 0 fully saturated rings. The van der Waals surface area contributed by atoms with Gasteiger partial charge >= 0.3 is 5.97 Å². The van der Waals surface area contributed by atoms with E-state index in [4.69, 9.17) is 10.5 Å². The molecule has 0 unspecified atom stereocenters. The van der Waals surface area contributed by atoms with Crippen LogP contribution in [0.4, 0.5) is 0 Å². The Morgan fingerprint density at radius 1 is 1.65 bits per heavy atom. The number of hydrogen-bond donors (Lipinski definition) is 2. The number of nitrogens with two attached hydrogens (primary N) is 1. The highest BCUT2D eigenvalue weighted by molar-refractivity contribution is 9.10. The number of nitrogens with zero attached hydrogens (tertiary/aromatic N) is 1. The zero-order valence-corrected chi connectivity index (χ0v) is 11.3. The number of halogens is 1. The fraction of sp³-hybridized carbons (Fsp3) is 0.100. The zero-order chi connectivity index (χ0) is 12.8. The number of esters is 1. The van der Waals surface area contributed by atoms with E-state index < -0.39 is 0 Å². The molecule has 3 N–H and O–H groups in total. The molecule has 0 aliphatic carbocycles. The molecule has 0 atom stereocenters. The highest BCUT2D eigenvalue weighted by Crippen LogP contribution is 2.25. The molecule has 1 aromatic carbocycles. The summed E-state index contributed by atoms with van der Waals surface area (Å²) in [6.45, 7) is 1.34. The van der Waals surface area contributed by atoms with E-state index in [1.54, 1.807) is 24.4 Å². The lowest BCUT2D eigenvalue weighted by Crippen LogP contribution is -2.23. The summed E-state index contributed by atoms with van der Waals surface area (Å²) in [6.07, 6.45) is 1.54. The minimum Gasteiger partial charge on any atom is -0.426 e. The van der Waals surface area contributed by atoms with Gasteiger partial charge in [0.15, 0.2) is 5.11 Å². The molecule has 0 aliphatic rings. The van der Waals surface area contributed by atoms with Crippen molar-refractivity contribution in [3.05, 3.63) is 28.2 Å². The number of carbonyl (C=O) groups excluding carboxylic acids is 1. The summed E-state index contributed by atoms with van der Waals surface area (Å²) in [5.74, 6) is 0.0826. The standard InChI is InChI=1S/C10H10BrN3O2S/c1-6(15)16-9-3-2-7(4-8(9)11)5-13-14-10(12)17/h2-5H,1H3,(H3,12,14,17)/b13-5-. The van der Waals surface area contributed by atoms with Gasteiger partial charge in [0, 0.05) is 6.92 Å². The summed E-state index contributed by atoms with van der Waals surface area (Å²) in [7, 11) is 0. The summed E-state index contributed by atoms with van der Waals surface area (Å²) in [4.78, 5) is 10.8. The van der Waals surface area contributed by atoms with Gasteiger partial charge in [0.1, 0.15) is 5.75 Å². The number of nitrogens with one attached hydrogen (secondary N) is 1. The SMILES string of the molecule is CC(=O)Oc1ccc(/C=N\NC(N)=S)cc1Br. The number of thiocarbonyl (C=S) groups is 1. The average Bonchev–Trinajstić information content (AvgIpc) is 2.21. The average molecular weight is 316 g/mol. The van der Waals surface area contributed by atoms with Crippen molar-refractivity contribution in [2.24, 2.45) is 10.8 Å². The summed E-state index contributed by atoms with van der Waals surface area (Å²) < 4.78 is 5.62. The van der Waals surface area contributed by atoms with Crippen LogP contribution in [-0.2, 0) is 4.79 Å². The minimum absolute atomic E-state index is 0.0943. The third-order valence-electron chi connectivity index (χ3n) is 1.60. The summed E-state index contributed by atoms with van der Waals surface area (Å²) in [5.41, 5.74) is 8.45. The highest BCUT2D eigenvalue weighted by Gasteiger charge is 2.04. The molecule has 0 spiro atoms. The maximum absolute atomic E-state index is 10.8. The second kappa shape index (κ2) is 6.31. The van der Waals surface area contributed by atoms with Gasteiger partial charge in [-0.05, 0) is 51.9 Å². The smallest absolute Gasteiger partial charge is 0.308 e. The van der Waals surface area contributed by atoms with E-state index in [0.29, 0.717) is 10.2 Å². The largest absolute Gasteiger partial charge is 0.426 e. The van der Waals surface area contributed by atoms with Crippen LogP contribution >= 0.6 is 28.1 Å². The Morgan fingerprint density at radius 3 is 2.88 bits per heavy atom. The number of ether oxygens (including phenoxy) is 1. The van der Waals surface area contributed by atoms with Crippen LogP contribution in [0.1, 0.15) is 12.5 Å². The molecule has 90 valence electrons. The van der Waals surface area contributed by atoms with Crippen LogP contribution < -0.4 is 15.9 Å². The number of carbonyl (C=O) groups is 1. The van der Waals surface area contributed by atoms with Gasteiger partial charge in [-0.25, -0.2) is 0 Å². The Labute approximate surface area is 112 Å². The Kier molecular flexibility index (Phi) is 5.05. The first-order valence-corrected chi connectivity index (χ1v) is 5.75. The first-order chi connectivity index (χ1) is 7.99. The fourth-order valence-electron chi connectivity index (χ4n) is 1.01. The molecular formula is C10H10BrN3O2S. The molecule has 0 saturated carbocycles. The van der Waals surface area contributed by atoms with Gasteiger partial charge < -0.3 is 10.5 Å². The topological polar surface area (TPSA) is 76.7 Å². The van der Waals surface area contributed by atoms with Gasteiger partial charge in [-0.1, -0.05) is 0 Å². The maximum Gasteiger partial charge on any atom is 0.308 e. The second-order valence-electron chi connectivity index (χ2n) is 3.02. The number of rotatable bonds is 3. The molecule has 0 saturated heterocycles. The van der Waals surface area contributed by atoms with Crippen molar-refractivity contribution in [3.63, 3.8) is 0 Å². The van der Waals surface area contributed by atoms with Gasteiger partial charge in [-0.3, -0.25) is 10.2 Å². The van der Waals surface area contributed by atoms with Gasteiger partial charge in [0.25, 0.3) is 0 Å². The van der Waals surface area contributed by atoms with Crippen molar-refractivity contribution in [2.75, 3.05) is 0 Å². The first-order valence-electron chi connectivity index (χ1n) is 4.55. The van der Waals surface area contributed by atoms with Crippen LogP contribution in [0.3, 0.4) is 0 Å². The van der Waals surface area contributed by atoms with Crippen LogP contribution in [0.5, 0.6) is 5.75 Å². The van der Waals surface area contributed by atoms with E-state index in [1.165, 1.54) is 6.92 Å². The fourth-order valence-corrected chi connectivity index (χ4v) is 1.54. The molecule has 1 rings (SSSR count). The predicted octanol–water partition coefficient (Wildman–Crippen LogP) is 1.54. The molecule has 17 heavy (non-hydrogen) atoms. The monoisotopic (exact) mass is 315 g/mol. The summed E-state index contributed by atoms with van der Waals surface area (Å²) >= 11 is 7.88. The van der Waals surface area contributed by atoms with Crippen LogP contribution in [0.2, 0.25) is 0 Å². The van der Waals surface area contributed by atoms with E-state index in [0.717, 1.165) is 5.56 Å². The van der Waals surface area contributed by atoms with Gasteiger partial charge in [-0.2, -0.15) is 5.10 Å². The molecule has 0 aliphatic heterocycles. The summed E-state index contributed by atoms with van der Waals surface area (Å²) in [6, 6.07) is 5.16. The Morgan fingerprint density at radius 2 is 2.35 bits per heavy atom. The van der Waals surface area contributed by atoms with Crippen LogP contribution in [0.25, 0.3) is 0 Å². The maximum atomic E-state index is 10.8. The van der Waals surface area contributed by atoms with Crippen LogP contribution in [0, 0.1) is 0 Å². The van der Waals surface area contributed by atoms with Gasteiger partial charge in [0.2, 0.25) is 0 Å². The van der Waals surface area contributed by atoms with Crippen molar-refractivity contribution in [2.45, 2.75) is 6.92 Å². The van der Waals surface area contributed by atoms with Crippen molar-refractivity contribution in [1.82, 2.24) is 5.43 Å². The Balaban J connectivity index is 2.78. The predicted molar refractivity (Wildman–Crippen MR) is 73.0 cm³/mol. The second-order valence-corrected chi connectivity index (χ2v) is 4.31. The molecule has 0 heterocycles. The number of hydrazone groups is 1. The molecule has 7 heteroatoms. The lowest BCUT2D eigenvalue weighted by Gasteiger charge is -2.04. The number of benzene rings is 1. The van der Waals surface area contributed by atoms with Crippen molar-refractivity contribution in [1.29, 1.82) is 0 Å². The zero-order valence-electron chi connectivity index (χ0n) is 8.94. The van der Waals surface area contributed by atoms with Crippen molar-refractivity contribution < 1.29 is 9.53 Å². The highest BCUT2D eigenvalue weighted by atomic mass is 79.9. The molecular weight excluding hydrogens is 306 g/mol. The van der Waals surface area contributed by atoms with E-state index in [2.05, 4.69) is 38.7 Å².